The highest BCUT2D eigenvalue weighted by molar-refractivity contribution is 5.81. The summed E-state index contributed by atoms with van der Waals surface area (Å²) < 4.78 is 16.8. The van der Waals surface area contributed by atoms with Crippen LogP contribution < -0.4 is 0 Å². The van der Waals surface area contributed by atoms with Crippen LogP contribution in [0.5, 0.6) is 0 Å². The van der Waals surface area contributed by atoms with Crippen molar-refractivity contribution in [3.8, 4) is 0 Å². The van der Waals surface area contributed by atoms with E-state index in [1.807, 2.05) is 16.5 Å². The molecule has 0 radical (unpaired) electrons. The van der Waals surface area contributed by atoms with Crippen molar-refractivity contribution in [1.82, 2.24) is 39.9 Å². The van der Waals surface area contributed by atoms with Crippen molar-refractivity contribution in [1.29, 1.82) is 0 Å². The Bertz CT molecular complexity index is 982. The van der Waals surface area contributed by atoms with Crippen LogP contribution in [0.2, 0.25) is 0 Å². The maximum Gasteiger partial charge on any atom is 0.247 e. The molecule has 2 atom stereocenters. The van der Waals surface area contributed by atoms with Crippen molar-refractivity contribution in [3.63, 3.8) is 0 Å². The van der Waals surface area contributed by atoms with E-state index in [1.165, 1.54) is 12.1 Å². The molecule has 0 saturated carbocycles. The van der Waals surface area contributed by atoms with Gasteiger partial charge in [-0.15, -0.1) is 15.3 Å². The predicted octanol–water partition coefficient (Wildman–Crippen LogP) is 1.44. The summed E-state index contributed by atoms with van der Waals surface area (Å²) in [5.74, 6) is 1.24. The number of amides is 1. The highest BCUT2D eigenvalue weighted by Gasteiger charge is 2.33. The zero-order valence-electron chi connectivity index (χ0n) is 16.4. The number of tetrazole rings is 1. The van der Waals surface area contributed by atoms with Gasteiger partial charge in [0, 0.05) is 32.5 Å². The number of halogens is 1. The lowest BCUT2D eigenvalue weighted by atomic mass is 9.95. The molecule has 152 valence electrons. The lowest BCUT2D eigenvalue weighted by molar-refractivity contribution is -0.136. The minimum Gasteiger partial charge on any atom is -0.340 e. The van der Waals surface area contributed by atoms with E-state index < -0.39 is 6.04 Å². The molecule has 0 N–H and O–H groups in total. The van der Waals surface area contributed by atoms with Crippen LogP contribution in [0.4, 0.5) is 4.39 Å². The Morgan fingerprint density at radius 1 is 1.28 bits per heavy atom. The van der Waals surface area contributed by atoms with Crippen molar-refractivity contribution in [3.05, 3.63) is 53.6 Å². The summed E-state index contributed by atoms with van der Waals surface area (Å²) in [6.45, 7) is 3.02. The monoisotopic (exact) mass is 398 g/mol. The minimum atomic E-state index is -0.589. The number of nitrogens with zero attached hydrogens (tertiary/aromatic N) is 8. The van der Waals surface area contributed by atoms with Crippen LogP contribution in [-0.4, -0.2) is 58.9 Å². The summed E-state index contributed by atoms with van der Waals surface area (Å²) in [6.07, 6.45) is 3.91. The number of likely N-dealkylation sites (tertiary alicyclic amines) is 1. The summed E-state index contributed by atoms with van der Waals surface area (Å²) in [6, 6.07) is 5.58. The smallest absolute Gasteiger partial charge is 0.247 e. The van der Waals surface area contributed by atoms with Gasteiger partial charge >= 0.3 is 0 Å². The molecule has 1 saturated heterocycles. The maximum atomic E-state index is 13.5. The largest absolute Gasteiger partial charge is 0.340 e. The van der Waals surface area contributed by atoms with E-state index in [1.54, 1.807) is 30.1 Å². The van der Waals surface area contributed by atoms with E-state index in [2.05, 4.69) is 25.7 Å². The Morgan fingerprint density at radius 2 is 2.07 bits per heavy atom. The average molecular weight is 398 g/mol. The van der Waals surface area contributed by atoms with E-state index in [9.17, 15) is 9.18 Å². The fourth-order valence-electron chi connectivity index (χ4n) is 3.91. The van der Waals surface area contributed by atoms with Gasteiger partial charge in [-0.25, -0.2) is 9.07 Å². The summed E-state index contributed by atoms with van der Waals surface area (Å²) >= 11 is 0. The van der Waals surface area contributed by atoms with Gasteiger partial charge in [-0.3, -0.25) is 4.79 Å². The second-order valence-electron chi connectivity index (χ2n) is 7.44. The Kier molecular flexibility index (Phi) is 5.32. The quantitative estimate of drug-likeness (QED) is 0.645. The van der Waals surface area contributed by atoms with Crippen molar-refractivity contribution in [2.75, 3.05) is 13.1 Å². The average Bonchev–Trinajstić information content (AvgIpc) is 3.35. The molecule has 4 rings (SSSR count). The molecule has 1 aromatic carbocycles. The summed E-state index contributed by atoms with van der Waals surface area (Å²) in [5, 5.41) is 19.9. The van der Waals surface area contributed by atoms with Crippen LogP contribution in [-0.2, 0) is 18.3 Å². The van der Waals surface area contributed by atoms with Gasteiger partial charge in [-0.2, -0.15) is 0 Å². The van der Waals surface area contributed by atoms with Crippen molar-refractivity contribution < 1.29 is 9.18 Å². The van der Waals surface area contributed by atoms with Gasteiger partial charge in [-0.05, 0) is 47.9 Å². The van der Waals surface area contributed by atoms with E-state index in [0.29, 0.717) is 25.3 Å². The highest BCUT2D eigenvalue weighted by Crippen LogP contribution is 2.27. The first-order valence-electron chi connectivity index (χ1n) is 9.64. The van der Waals surface area contributed by atoms with E-state index >= 15 is 0 Å². The lowest BCUT2D eigenvalue weighted by Gasteiger charge is -2.34. The van der Waals surface area contributed by atoms with Gasteiger partial charge in [-0.1, -0.05) is 12.1 Å². The van der Waals surface area contributed by atoms with Crippen molar-refractivity contribution >= 4 is 5.91 Å². The second kappa shape index (κ2) is 8.06. The third-order valence-electron chi connectivity index (χ3n) is 5.42. The topological polar surface area (TPSA) is 94.6 Å². The molecule has 9 nitrogen and oxygen atoms in total. The first-order valence-corrected chi connectivity index (χ1v) is 9.64. The van der Waals surface area contributed by atoms with Crippen LogP contribution in [0, 0.1) is 12.7 Å². The standard InChI is InChI=1S/C19H23FN8O/c1-13-22-24-25-28(13)17(10-14-5-7-16(20)8-6-14)19(29)27-9-3-4-15(11-27)18-23-21-12-26(18)2/h5-8,12,15,17H,3-4,9-11H2,1-2H3/t15-,17-/m0/s1. The van der Waals surface area contributed by atoms with E-state index in [4.69, 9.17) is 0 Å². The van der Waals surface area contributed by atoms with E-state index in [-0.39, 0.29) is 17.6 Å². The molecular weight excluding hydrogens is 375 g/mol. The third kappa shape index (κ3) is 4.01. The van der Waals surface area contributed by atoms with Gasteiger partial charge in [0.25, 0.3) is 0 Å². The van der Waals surface area contributed by atoms with Gasteiger partial charge < -0.3 is 9.47 Å². The van der Waals surface area contributed by atoms with Crippen LogP contribution in [0.15, 0.2) is 30.6 Å². The van der Waals surface area contributed by atoms with Gasteiger partial charge in [0.05, 0.1) is 0 Å². The number of rotatable bonds is 5. The van der Waals surface area contributed by atoms with Crippen LogP contribution in [0.25, 0.3) is 0 Å². The zero-order valence-corrected chi connectivity index (χ0v) is 16.4. The number of hydrogen-bond acceptors (Lipinski definition) is 6. The molecule has 1 fully saturated rings. The summed E-state index contributed by atoms with van der Waals surface area (Å²) in [7, 11) is 1.91. The molecule has 0 bridgehead atoms. The number of aryl methyl sites for hydroxylation is 2. The number of hydrogen-bond donors (Lipinski definition) is 0. The molecule has 29 heavy (non-hydrogen) atoms. The van der Waals surface area contributed by atoms with E-state index in [0.717, 1.165) is 24.2 Å². The molecule has 2 aromatic heterocycles. The SMILES string of the molecule is Cc1nnnn1[C@@H](Cc1ccc(F)cc1)C(=O)N1CCC[C@H](c2nncn2C)C1. The molecule has 3 aromatic rings. The van der Waals surface area contributed by atoms with Crippen LogP contribution in [0.1, 0.15) is 42.0 Å². The normalized spacial score (nSPS) is 18.0. The maximum absolute atomic E-state index is 13.5. The number of carbonyl (C=O) groups is 1. The zero-order chi connectivity index (χ0) is 20.4. The summed E-state index contributed by atoms with van der Waals surface area (Å²) in [4.78, 5) is 15.4. The van der Waals surface area contributed by atoms with Gasteiger partial charge in [0.2, 0.25) is 5.91 Å². The third-order valence-corrected chi connectivity index (χ3v) is 5.42. The number of aromatic nitrogens is 7. The molecule has 0 spiro atoms. The van der Waals surface area contributed by atoms with Gasteiger partial charge in [0.15, 0.2) is 0 Å². The summed E-state index contributed by atoms with van der Waals surface area (Å²) in [5.41, 5.74) is 0.849. The molecule has 0 unspecified atom stereocenters. The van der Waals surface area contributed by atoms with Gasteiger partial charge in [0.1, 0.15) is 29.8 Å². The molecule has 1 aliphatic rings. The Hall–Kier alpha value is -3.17. The number of piperidine rings is 1. The predicted molar refractivity (Wildman–Crippen MR) is 101 cm³/mol. The fraction of sp³-hybridized carbons (Fsp3) is 0.474. The first kappa shape index (κ1) is 19.2. The Balaban J connectivity index is 1.58. The molecule has 1 amide bonds. The van der Waals surface area contributed by atoms with Crippen LogP contribution >= 0.6 is 0 Å². The molecule has 0 aliphatic carbocycles. The Morgan fingerprint density at radius 3 is 2.72 bits per heavy atom. The van der Waals surface area contributed by atoms with Crippen LogP contribution in [0.3, 0.4) is 0 Å². The second-order valence-corrected chi connectivity index (χ2v) is 7.44. The molecule has 10 heteroatoms. The molecule has 3 heterocycles. The number of benzene rings is 1. The molecular formula is C19H23FN8O. The lowest BCUT2D eigenvalue weighted by Crippen LogP contribution is -2.44. The molecule has 1 aliphatic heterocycles. The Labute approximate surface area is 167 Å². The number of carbonyl (C=O) groups excluding carboxylic acids is 1. The van der Waals surface area contributed by atoms with Crippen molar-refractivity contribution in [2.24, 2.45) is 7.05 Å². The van der Waals surface area contributed by atoms with Crippen molar-refractivity contribution in [2.45, 2.75) is 38.1 Å². The minimum absolute atomic E-state index is 0.0448. The highest BCUT2D eigenvalue weighted by atomic mass is 19.1. The fourth-order valence-corrected chi connectivity index (χ4v) is 3.91. The first-order chi connectivity index (χ1) is 14.0.